The van der Waals surface area contributed by atoms with Crippen molar-refractivity contribution >= 4 is 9.47 Å². The molecule has 2 heteroatoms. The molecule has 2 aromatic rings. The Labute approximate surface area is 112 Å². The zero-order valence-electron chi connectivity index (χ0n) is 11.3. The van der Waals surface area contributed by atoms with Crippen LogP contribution in [0.3, 0.4) is 0 Å². The Morgan fingerprint density at radius 2 is 1.44 bits per heavy atom. The smallest absolute Gasteiger partial charge is 0.130 e. The van der Waals surface area contributed by atoms with Gasteiger partial charge < -0.3 is 4.52 Å². The Morgan fingerprint density at radius 3 is 2.06 bits per heavy atom. The highest BCUT2D eigenvalue weighted by Gasteiger charge is 2.07. The van der Waals surface area contributed by atoms with Crippen LogP contribution in [0.15, 0.2) is 48.5 Å². The van der Waals surface area contributed by atoms with Crippen LogP contribution in [-0.4, -0.2) is 0 Å². The second-order valence-electron chi connectivity index (χ2n) is 3.62. The average molecular weight is 260 g/mol. The van der Waals surface area contributed by atoms with E-state index in [1.54, 1.807) is 0 Å². The number of para-hydroxylation sites is 1. The lowest BCUT2D eigenvalue weighted by Crippen LogP contribution is -1.88. The summed E-state index contributed by atoms with van der Waals surface area (Å²) in [4.78, 5) is 0. The molecule has 0 amide bonds. The van der Waals surface area contributed by atoms with E-state index in [1.165, 1.54) is 11.1 Å². The molecule has 0 aliphatic carbocycles. The standard InChI is InChI=1S/C14H15OP.C2H6/c1-2-11-7-3-4-8-12(11)13-9-5-6-10-14(13)15-16;1-2/h3-10H,2,16H2,1H3;1-2H3. The first kappa shape index (κ1) is 14.7. The van der Waals surface area contributed by atoms with Crippen molar-refractivity contribution in [2.45, 2.75) is 27.2 Å². The summed E-state index contributed by atoms with van der Waals surface area (Å²) >= 11 is 0. The minimum Gasteiger partial charge on any atom is -0.480 e. The Balaban J connectivity index is 0.000000771. The van der Waals surface area contributed by atoms with Crippen molar-refractivity contribution in [1.29, 1.82) is 0 Å². The van der Waals surface area contributed by atoms with E-state index < -0.39 is 0 Å². The van der Waals surface area contributed by atoms with Crippen LogP contribution in [0.5, 0.6) is 5.75 Å². The number of benzene rings is 2. The molecule has 1 unspecified atom stereocenters. The normalized spacial score (nSPS) is 9.33. The van der Waals surface area contributed by atoms with Crippen LogP contribution < -0.4 is 4.52 Å². The van der Waals surface area contributed by atoms with Crippen molar-refractivity contribution in [2.75, 3.05) is 0 Å². The molecule has 0 aliphatic heterocycles. The summed E-state index contributed by atoms with van der Waals surface area (Å²) in [5.74, 6) is 0.897. The molecular formula is C16H21OP. The predicted molar refractivity (Wildman–Crippen MR) is 82.9 cm³/mol. The van der Waals surface area contributed by atoms with E-state index in [-0.39, 0.29) is 0 Å². The van der Waals surface area contributed by atoms with E-state index in [9.17, 15) is 0 Å². The Bertz CT molecular complexity index is 435. The molecule has 2 aromatic carbocycles. The highest BCUT2D eigenvalue weighted by Crippen LogP contribution is 2.33. The second kappa shape index (κ2) is 7.89. The molecule has 0 aromatic heterocycles. The molecule has 0 saturated carbocycles. The molecule has 0 heterocycles. The lowest BCUT2D eigenvalue weighted by atomic mass is 9.97. The Morgan fingerprint density at radius 1 is 0.889 bits per heavy atom. The van der Waals surface area contributed by atoms with Gasteiger partial charge in [-0.1, -0.05) is 63.2 Å². The van der Waals surface area contributed by atoms with Gasteiger partial charge in [-0.25, -0.2) is 0 Å². The molecule has 2 rings (SSSR count). The zero-order chi connectivity index (χ0) is 13.4. The number of hydrogen-bond acceptors (Lipinski definition) is 1. The lowest BCUT2D eigenvalue weighted by molar-refractivity contribution is 0.648. The average Bonchev–Trinajstić information content (AvgIpc) is 2.49. The van der Waals surface area contributed by atoms with Crippen molar-refractivity contribution in [3.05, 3.63) is 54.1 Å². The summed E-state index contributed by atoms with van der Waals surface area (Å²) < 4.78 is 5.32. The number of rotatable bonds is 3. The second-order valence-corrected chi connectivity index (χ2v) is 3.86. The van der Waals surface area contributed by atoms with Gasteiger partial charge in [0, 0.05) is 5.56 Å². The maximum Gasteiger partial charge on any atom is 0.130 e. The van der Waals surface area contributed by atoms with Gasteiger partial charge >= 0.3 is 0 Å². The minimum absolute atomic E-state index is 0.897. The van der Waals surface area contributed by atoms with E-state index in [0.717, 1.165) is 17.7 Å². The molecule has 96 valence electrons. The first-order valence-electron chi connectivity index (χ1n) is 6.41. The van der Waals surface area contributed by atoms with Crippen molar-refractivity contribution in [3.63, 3.8) is 0 Å². The Hall–Kier alpha value is -1.33. The third-order valence-electron chi connectivity index (χ3n) is 2.70. The van der Waals surface area contributed by atoms with Gasteiger partial charge in [0.2, 0.25) is 0 Å². The van der Waals surface area contributed by atoms with E-state index in [2.05, 4.69) is 46.7 Å². The van der Waals surface area contributed by atoms with Crippen molar-refractivity contribution in [1.82, 2.24) is 0 Å². The maximum absolute atomic E-state index is 5.32. The van der Waals surface area contributed by atoms with E-state index >= 15 is 0 Å². The highest BCUT2D eigenvalue weighted by atomic mass is 31.0. The summed E-state index contributed by atoms with van der Waals surface area (Å²) in [5, 5.41) is 0. The van der Waals surface area contributed by atoms with Crippen LogP contribution in [0, 0.1) is 0 Å². The largest absolute Gasteiger partial charge is 0.480 e. The van der Waals surface area contributed by atoms with Crippen LogP contribution in [-0.2, 0) is 6.42 Å². The fourth-order valence-electron chi connectivity index (χ4n) is 1.88. The number of hydrogen-bond donors (Lipinski definition) is 0. The topological polar surface area (TPSA) is 9.23 Å². The van der Waals surface area contributed by atoms with E-state index in [0.29, 0.717) is 0 Å². The van der Waals surface area contributed by atoms with Gasteiger partial charge in [0.05, 0.1) is 9.47 Å². The lowest BCUT2D eigenvalue weighted by Gasteiger charge is -2.11. The van der Waals surface area contributed by atoms with Crippen molar-refractivity contribution in [2.24, 2.45) is 0 Å². The van der Waals surface area contributed by atoms with Crippen LogP contribution in [0.2, 0.25) is 0 Å². The molecule has 0 aliphatic rings. The van der Waals surface area contributed by atoms with E-state index in [4.69, 9.17) is 4.52 Å². The van der Waals surface area contributed by atoms with Crippen molar-refractivity contribution in [3.8, 4) is 16.9 Å². The monoisotopic (exact) mass is 260 g/mol. The first-order valence-corrected chi connectivity index (χ1v) is 6.88. The third kappa shape index (κ3) is 3.34. The van der Waals surface area contributed by atoms with Crippen molar-refractivity contribution < 1.29 is 4.52 Å². The molecular weight excluding hydrogens is 239 g/mol. The first-order chi connectivity index (χ1) is 8.86. The van der Waals surface area contributed by atoms with Crippen LogP contribution in [0.1, 0.15) is 26.3 Å². The molecule has 18 heavy (non-hydrogen) atoms. The van der Waals surface area contributed by atoms with Crippen LogP contribution >= 0.6 is 9.47 Å². The molecule has 0 saturated heterocycles. The summed E-state index contributed by atoms with van der Waals surface area (Å²) in [5.41, 5.74) is 3.75. The van der Waals surface area contributed by atoms with E-state index in [1.807, 2.05) is 32.0 Å². The molecule has 1 atom stereocenters. The van der Waals surface area contributed by atoms with Gasteiger partial charge in [0.1, 0.15) is 5.75 Å². The van der Waals surface area contributed by atoms with Crippen LogP contribution in [0.25, 0.3) is 11.1 Å². The molecule has 0 N–H and O–H groups in total. The quantitative estimate of drug-likeness (QED) is 0.697. The molecule has 0 fully saturated rings. The van der Waals surface area contributed by atoms with Gasteiger partial charge in [0.15, 0.2) is 0 Å². The minimum atomic E-state index is 0.897. The highest BCUT2D eigenvalue weighted by molar-refractivity contribution is 7.10. The Kier molecular flexibility index (Phi) is 6.46. The maximum atomic E-state index is 5.32. The molecule has 0 spiro atoms. The van der Waals surface area contributed by atoms with Crippen LogP contribution in [0.4, 0.5) is 0 Å². The van der Waals surface area contributed by atoms with Gasteiger partial charge in [-0.05, 0) is 23.6 Å². The summed E-state index contributed by atoms with van der Waals surface area (Å²) in [6, 6.07) is 16.5. The zero-order valence-corrected chi connectivity index (χ0v) is 12.5. The molecule has 1 nitrogen and oxygen atoms in total. The predicted octanol–water partition coefficient (Wildman–Crippen LogP) is 5.11. The molecule has 0 bridgehead atoms. The van der Waals surface area contributed by atoms with Gasteiger partial charge in [-0.15, -0.1) is 0 Å². The summed E-state index contributed by atoms with van der Waals surface area (Å²) in [6.45, 7) is 6.17. The molecule has 0 radical (unpaired) electrons. The SMILES string of the molecule is CC.CCc1ccccc1-c1ccccc1OP. The van der Waals surface area contributed by atoms with Gasteiger partial charge in [-0.3, -0.25) is 0 Å². The fourth-order valence-corrected chi connectivity index (χ4v) is 2.09. The summed E-state index contributed by atoms with van der Waals surface area (Å²) in [6.07, 6.45) is 1.03. The van der Waals surface area contributed by atoms with Gasteiger partial charge in [0.25, 0.3) is 0 Å². The third-order valence-corrected chi connectivity index (χ3v) is 2.96. The number of aryl methyl sites for hydroxylation is 1. The fraction of sp³-hybridized carbons (Fsp3) is 0.250. The van der Waals surface area contributed by atoms with Gasteiger partial charge in [-0.2, -0.15) is 0 Å². The summed E-state index contributed by atoms with van der Waals surface area (Å²) in [7, 11) is 2.31.